The Hall–Kier alpha value is -5.87. The molecule has 0 unspecified atom stereocenters. The van der Waals surface area contributed by atoms with Gasteiger partial charge in [-0.05, 0) is 34.3 Å². The minimum atomic E-state index is -0.566. The SMILES string of the molecule is [2H]c1cc([2H])c2oc3c([2H])cc([2H])c(-c4nc(-c5ccc(-c6ccc(-c7ccccc7)cc6)cc5)nc(-c5c([2H])c([2H])c([2H])c([2H])c5[2H])n4)c3c2c1. The van der Waals surface area contributed by atoms with E-state index in [2.05, 4.69) is 34.2 Å². The first-order valence-corrected chi connectivity index (χ1v) is 13.5. The fraction of sp³-hybridized carbons (Fsp3) is 0. The van der Waals surface area contributed by atoms with Crippen molar-refractivity contribution in [1.82, 2.24) is 15.0 Å². The summed E-state index contributed by atoms with van der Waals surface area (Å²) in [4.78, 5) is 14.0. The average molecular weight is 561 g/mol. The zero-order valence-electron chi connectivity index (χ0n) is 31.5. The van der Waals surface area contributed by atoms with Crippen LogP contribution in [-0.2, 0) is 0 Å². The number of hydrogen-bond donors (Lipinski definition) is 0. The van der Waals surface area contributed by atoms with Gasteiger partial charge < -0.3 is 4.42 Å². The first kappa shape index (κ1) is 17.2. The van der Waals surface area contributed by atoms with Crippen molar-refractivity contribution in [2.24, 2.45) is 0 Å². The van der Waals surface area contributed by atoms with Gasteiger partial charge in [-0.1, -0.05) is 139 Å². The number of furan rings is 1. The number of para-hydroxylation sites is 1. The molecular formula is C39H25N3O. The molecule has 0 spiro atoms. The van der Waals surface area contributed by atoms with Gasteiger partial charge in [0.2, 0.25) is 0 Å². The van der Waals surface area contributed by atoms with Gasteiger partial charge in [-0.3, -0.25) is 0 Å². The maximum atomic E-state index is 8.96. The lowest BCUT2D eigenvalue weighted by Gasteiger charge is -2.10. The van der Waals surface area contributed by atoms with Crippen LogP contribution in [0.3, 0.4) is 0 Å². The van der Waals surface area contributed by atoms with Crippen molar-refractivity contribution in [3.05, 3.63) is 151 Å². The Morgan fingerprint density at radius 2 is 1.00 bits per heavy atom. The van der Waals surface area contributed by atoms with Crippen LogP contribution in [0.4, 0.5) is 0 Å². The molecule has 0 radical (unpaired) electrons. The molecule has 8 rings (SSSR count). The molecule has 2 heterocycles. The molecule has 0 fully saturated rings. The topological polar surface area (TPSA) is 51.8 Å². The highest BCUT2D eigenvalue weighted by atomic mass is 16.3. The summed E-state index contributed by atoms with van der Waals surface area (Å²) in [5.41, 5.74) is 4.68. The van der Waals surface area contributed by atoms with Crippen LogP contribution >= 0.6 is 0 Å². The second-order valence-corrected chi connectivity index (χ2v) is 9.78. The number of benzene rings is 6. The van der Waals surface area contributed by atoms with E-state index in [1.54, 1.807) is 12.1 Å². The maximum Gasteiger partial charge on any atom is 0.164 e. The molecule has 0 atom stereocenters. The predicted octanol–water partition coefficient (Wildman–Crippen LogP) is 10.1. The van der Waals surface area contributed by atoms with Crippen molar-refractivity contribution in [2.45, 2.75) is 0 Å². The Balaban J connectivity index is 1.33. The summed E-state index contributed by atoms with van der Waals surface area (Å²) in [5, 5.41) is 0.563. The Morgan fingerprint density at radius 1 is 0.419 bits per heavy atom. The van der Waals surface area contributed by atoms with Crippen LogP contribution in [0.1, 0.15) is 12.3 Å². The predicted molar refractivity (Wildman–Crippen MR) is 174 cm³/mol. The lowest BCUT2D eigenvalue weighted by Crippen LogP contribution is -2.00. The third-order valence-electron chi connectivity index (χ3n) is 7.18. The van der Waals surface area contributed by atoms with Crippen molar-refractivity contribution in [1.29, 1.82) is 0 Å². The summed E-state index contributed by atoms with van der Waals surface area (Å²) in [6, 6.07) is 26.7. The van der Waals surface area contributed by atoms with E-state index in [1.807, 2.05) is 42.5 Å². The number of hydrogen-bond acceptors (Lipinski definition) is 4. The molecule has 4 nitrogen and oxygen atoms in total. The molecule has 2 aromatic heterocycles. The van der Waals surface area contributed by atoms with Gasteiger partial charge in [0.25, 0.3) is 0 Å². The average Bonchev–Trinajstić information content (AvgIpc) is 3.54. The minimum absolute atomic E-state index is 0.0269. The van der Waals surface area contributed by atoms with Crippen LogP contribution in [0.5, 0.6) is 0 Å². The van der Waals surface area contributed by atoms with E-state index in [-0.39, 0.29) is 69.3 Å². The van der Waals surface area contributed by atoms with Crippen molar-refractivity contribution in [3.8, 4) is 56.4 Å². The summed E-state index contributed by atoms with van der Waals surface area (Å²) in [6.45, 7) is 0. The van der Waals surface area contributed by atoms with E-state index in [0.717, 1.165) is 22.3 Å². The van der Waals surface area contributed by atoms with E-state index < -0.39 is 30.2 Å². The Bertz CT molecular complexity index is 2690. The van der Waals surface area contributed by atoms with E-state index in [0.29, 0.717) is 10.9 Å². The molecule has 0 aliphatic carbocycles. The van der Waals surface area contributed by atoms with Crippen LogP contribution < -0.4 is 0 Å². The van der Waals surface area contributed by atoms with Gasteiger partial charge in [-0.2, -0.15) is 0 Å². The summed E-state index contributed by atoms with van der Waals surface area (Å²) >= 11 is 0. The Kier molecular flexibility index (Phi) is 4.20. The van der Waals surface area contributed by atoms with Gasteiger partial charge in [-0.25, -0.2) is 15.0 Å². The third-order valence-corrected chi connectivity index (χ3v) is 7.18. The second kappa shape index (κ2) is 10.5. The first-order valence-electron chi connectivity index (χ1n) is 18.0. The molecule has 0 saturated carbocycles. The monoisotopic (exact) mass is 560 g/mol. The lowest BCUT2D eigenvalue weighted by molar-refractivity contribution is 0.669. The van der Waals surface area contributed by atoms with E-state index in [1.165, 1.54) is 18.2 Å². The molecule has 0 N–H and O–H groups in total. The van der Waals surface area contributed by atoms with E-state index in [4.69, 9.17) is 21.7 Å². The van der Waals surface area contributed by atoms with E-state index in [9.17, 15) is 0 Å². The highest BCUT2D eigenvalue weighted by Crippen LogP contribution is 2.36. The number of fused-ring (bicyclic) bond motifs is 3. The summed E-state index contributed by atoms with van der Waals surface area (Å²) in [6.07, 6.45) is 0. The summed E-state index contributed by atoms with van der Waals surface area (Å²) < 4.78 is 82.1. The van der Waals surface area contributed by atoms with Crippen molar-refractivity contribution < 1.29 is 16.8 Å². The minimum Gasteiger partial charge on any atom is -0.456 e. The molecule has 0 bridgehead atoms. The second-order valence-electron chi connectivity index (χ2n) is 9.78. The molecule has 4 heteroatoms. The van der Waals surface area contributed by atoms with Crippen LogP contribution in [0.25, 0.3) is 78.4 Å². The third kappa shape index (κ3) is 4.65. The van der Waals surface area contributed by atoms with Crippen molar-refractivity contribution >= 4 is 21.9 Å². The molecular weight excluding hydrogens is 526 g/mol. The largest absolute Gasteiger partial charge is 0.456 e. The van der Waals surface area contributed by atoms with Gasteiger partial charge in [0, 0.05) is 27.5 Å². The molecule has 202 valence electrons. The van der Waals surface area contributed by atoms with Crippen LogP contribution in [-0.4, -0.2) is 15.0 Å². The lowest BCUT2D eigenvalue weighted by atomic mass is 9.99. The fourth-order valence-electron chi connectivity index (χ4n) is 5.08. The molecule has 0 saturated heterocycles. The van der Waals surface area contributed by atoms with Crippen LogP contribution in [0, 0.1) is 0 Å². The fourth-order valence-corrected chi connectivity index (χ4v) is 5.08. The first-order chi connectivity index (χ1) is 25.0. The highest BCUT2D eigenvalue weighted by molar-refractivity contribution is 6.11. The summed E-state index contributed by atoms with van der Waals surface area (Å²) in [7, 11) is 0. The smallest absolute Gasteiger partial charge is 0.164 e. The standard InChI is InChI=1S/C39H25N3O/c1-3-10-26(11-4-1)27-18-20-28(21-19-27)29-22-24-31(25-23-29)38-40-37(30-12-5-2-6-13-30)41-39(42-38)33-15-9-17-35-36(33)32-14-7-8-16-34(32)43-35/h1-25H/i2D,5D,6D,7D,12D,13D,15D,16D,17D. The number of aromatic nitrogens is 3. The van der Waals surface area contributed by atoms with Gasteiger partial charge in [0.15, 0.2) is 17.5 Å². The van der Waals surface area contributed by atoms with Crippen LogP contribution in [0.2, 0.25) is 0 Å². The molecule has 43 heavy (non-hydrogen) atoms. The van der Waals surface area contributed by atoms with Gasteiger partial charge in [0.05, 0.1) is 12.3 Å². The highest BCUT2D eigenvalue weighted by Gasteiger charge is 2.17. The Labute approximate surface area is 261 Å². The molecule has 6 aromatic carbocycles. The zero-order chi connectivity index (χ0) is 36.4. The van der Waals surface area contributed by atoms with Crippen LogP contribution in [0.15, 0.2) is 156 Å². The zero-order valence-corrected chi connectivity index (χ0v) is 22.5. The Morgan fingerprint density at radius 3 is 1.70 bits per heavy atom. The molecule has 0 aliphatic rings. The van der Waals surface area contributed by atoms with Crippen molar-refractivity contribution in [2.75, 3.05) is 0 Å². The van der Waals surface area contributed by atoms with Gasteiger partial charge in [0.1, 0.15) is 11.2 Å². The number of nitrogens with zero attached hydrogens (tertiary/aromatic N) is 3. The molecule has 8 aromatic rings. The number of rotatable bonds is 5. The molecule has 0 aliphatic heterocycles. The van der Waals surface area contributed by atoms with Gasteiger partial charge in [-0.15, -0.1) is 0 Å². The summed E-state index contributed by atoms with van der Waals surface area (Å²) in [5.74, 6) is -0.183. The maximum absolute atomic E-state index is 8.96. The molecule has 0 amide bonds. The van der Waals surface area contributed by atoms with E-state index >= 15 is 0 Å². The van der Waals surface area contributed by atoms with Crippen molar-refractivity contribution in [3.63, 3.8) is 0 Å². The normalized spacial score (nSPS) is 14.2. The quantitative estimate of drug-likeness (QED) is 0.210. The van der Waals surface area contributed by atoms with Gasteiger partial charge >= 0.3 is 0 Å².